The van der Waals surface area contributed by atoms with E-state index in [0.717, 1.165) is 32.1 Å². The number of carbonyl (C=O) groups is 2. The Bertz CT molecular complexity index is 611. The zero-order valence-electron chi connectivity index (χ0n) is 14.7. The van der Waals surface area contributed by atoms with Crippen molar-refractivity contribution in [3.05, 3.63) is 30.1 Å². The Morgan fingerprint density at radius 1 is 1.44 bits per heavy atom. The van der Waals surface area contributed by atoms with Gasteiger partial charge in [0.25, 0.3) is 0 Å². The lowest BCUT2D eigenvalue weighted by Gasteiger charge is -2.22. The minimum Gasteiger partial charge on any atom is -0.478 e. The van der Waals surface area contributed by atoms with Crippen LogP contribution < -0.4 is 0 Å². The van der Waals surface area contributed by atoms with E-state index in [2.05, 4.69) is 12.0 Å². The molecule has 7 heteroatoms. The molecule has 1 fully saturated rings. The Balaban J connectivity index is 1.86. The summed E-state index contributed by atoms with van der Waals surface area (Å²) in [6.07, 6.45) is 11.3. The number of amides is 1. The topological polar surface area (TPSA) is 95.7 Å². The largest absolute Gasteiger partial charge is 0.478 e. The number of carbonyl (C=O) groups excluding carboxylic acids is 1. The van der Waals surface area contributed by atoms with Gasteiger partial charge >= 0.3 is 5.97 Å². The maximum absolute atomic E-state index is 12.1. The van der Waals surface area contributed by atoms with Crippen molar-refractivity contribution in [3.8, 4) is 0 Å². The monoisotopic (exact) mass is 349 g/mol. The van der Waals surface area contributed by atoms with Gasteiger partial charge in [0.15, 0.2) is 0 Å². The molecule has 2 heterocycles. The SMILES string of the molecule is CCCCCC(O)C=C[C@H]1CCC(=O)N1CCn1cc(C(=O)O)cn1. The number of hydrogen-bond donors (Lipinski definition) is 2. The second-order valence-corrected chi connectivity index (χ2v) is 6.44. The highest BCUT2D eigenvalue weighted by Gasteiger charge is 2.28. The van der Waals surface area contributed by atoms with Crippen molar-refractivity contribution in [2.75, 3.05) is 6.54 Å². The van der Waals surface area contributed by atoms with Gasteiger partial charge in [0.05, 0.1) is 30.5 Å². The van der Waals surface area contributed by atoms with E-state index in [4.69, 9.17) is 5.11 Å². The molecule has 2 atom stereocenters. The third-order valence-electron chi connectivity index (χ3n) is 4.48. The minimum absolute atomic E-state index is 0.0113. The molecule has 0 bridgehead atoms. The fraction of sp³-hybridized carbons (Fsp3) is 0.611. The van der Waals surface area contributed by atoms with Crippen molar-refractivity contribution >= 4 is 11.9 Å². The summed E-state index contributed by atoms with van der Waals surface area (Å²) in [7, 11) is 0. The van der Waals surface area contributed by atoms with Crippen LogP contribution in [0.25, 0.3) is 0 Å². The van der Waals surface area contributed by atoms with Crippen LogP contribution in [0.5, 0.6) is 0 Å². The van der Waals surface area contributed by atoms with Gasteiger partial charge in [0.1, 0.15) is 0 Å². The van der Waals surface area contributed by atoms with E-state index in [9.17, 15) is 14.7 Å². The molecule has 1 aromatic rings. The summed E-state index contributed by atoms with van der Waals surface area (Å²) in [5.41, 5.74) is 0.138. The summed E-state index contributed by atoms with van der Waals surface area (Å²) in [6.45, 7) is 3.05. The van der Waals surface area contributed by atoms with Crippen LogP contribution in [0.2, 0.25) is 0 Å². The molecule has 2 N–H and O–H groups in total. The lowest BCUT2D eigenvalue weighted by molar-refractivity contribution is -0.128. The Morgan fingerprint density at radius 3 is 2.92 bits per heavy atom. The number of hydrogen-bond acceptors (Lipinski definition) is 4. The van der Waals surface area contributed by atoms with Crippen LogP contribution in [0.1, 0.15) is 55.8 Å². The maximum atomic E-state index is 12.1. The smallest absolute Gasteiger partial charge is 0.338 e. The highest BCUT2D eigenvalue weighted by molar-refractivity contribution is 5.86. The number of aliphatic hydroxyl groups excluding tert-OH is 1. The van der Waals surface area contributed by atoms with Crippen LogP contribution in [0.15, 0.2) is 24.5 Å². The lowest BCUT2D eigenvalue weighted by Crippen LogP contribution is -2.34. The Morgan fingerprint density at radius 2 is 2.24 bits per heavy atom. The molecule has 0 aromatic carbocycles. The zero-order valence-corrected chi connectivity index (χ0v) is 14.7. The molecule has 0 radical (unpaired) electrons. The van der Waals surface area contributed by atoms with Gasteiger partial charge in [-0.15, -0.1) is 0 Å². The van der Waals surface area contributed by atoms with Crippen molar-refractivity contribution in [1.29, 1.82) is 0 Å². The average molecular weight is 349 g/mol. The fourth-order valence-electron chi connectivity index (χ4n) is 3.01. The summed E-state index contributed by atoms with van der Waals surface area (Å²) in [4.78, 5) is 24.7. The summed E-state index contributed by atoms with van der Waals surface area (Å²) < 4.78 is 1.54. The number of nitrogens with zero attached hydrogens (tertiary/aromatic N) is 3. The molecule has 1 saturated heterocycles. The molecule has 0 aliphatic carbocycles. The first-order valence-electron chi connectivity index (χ1n) is 8.93. The number of carboxylic acids is 1. The number of aromatic carboxylic acids is 1. The molecule has 1 amide bonds. The van der Waals surface area contributed by atoms with Gasteiger partial charge in [0.2, 0.25) is 5.91 Å². The number of rotatable bonds is 10. The van der Waals surface area contributed by atoms with Crippen molar-refractivity contribution in [2.24, 2.45) is 0 Å². The van der Waals surface area contributed by atoms with Gasteiger partial charge in [-0.2, -0.15) is 5.10 Å². The van der Waals surface area contributed by atoms with E-state index in [1.807, 2.05) is 6.08 Å². The van der Waals surface area contributed by atoms with Crippen LogP contribution in [0.3, 0.4) is 0 Å². The van der Waals surface area contributed by atoms with E-state index in [1.165, 1.54) is 17.1 Å². The summed E-state index contributed by atoms with van der Waals surface area (Å²) in [6, 6.07) is -0.0113. The standard InChI is InChI=1S/C18H27N3O4/c1-2-3-4-5-16(22)8-6-15-7-9-17(23)21(15)11-10-20-13-14(12-19-20)18(24)25/h6,8,12-13,15-16,22H,2-5,7,9-11H2,1H3,(H,24,25)/t15-,16?/m0/s1. The molecule has 0 saturated carbocycles. The Labute approximate surface area is 147 Å². The van der Waals surface area contributed by atoms with Gasteiger partial charge in [-0.3, -0.25) is 9.48 Å². The third-order valence-corrected chi connectivity index (χ3v) is 4.48. The van der Waals surface area contributed by atoms with Crippen LogP contribution in [0.4, 0.5) is 0 Å². The molecule has 25 heavy (non-hydrogen) atoms. The second-order valence-electron chi connectivity index (χ2n) is 6.44. The van der Waals surface area contributed by atoms with Crippen LogP contribution in [-0.4, -0.2) is 55.5 Å². The molecule has 1 aliphatic rings. The second kappa shape index (κ2) is 9.36. The molecular formula is C18H27N3O4. The molecule has 1 aliphatic heterocycles. The summed E-state index contributed by atoms with van der Waals surface area (Å²) >= 11 is 0. The zero-order chi connectivity index (χ0) is 18.2. The first-order valence-corrected chi connectivity index (χ1v) is 8.93. The molecule has 1 aromatic heterocycles. The van der Waals surface area contributed by atoms with Gasteiger partial charge in [0, 0.05) is 19.2 Å². The number of aliphatic hydroxyl groups is 1. The fourth-order valence-corrected chi connectivity index (χ4v) is 3.01. The van der Waals surface area contributed by atoms with Gasteiger partial charge in [-0.05, 0) is 12.8 Å². The number of carboxylic acid groups (broad SMARTS) is 1. The average Bonchev–Trinajstić information content (AvgIpc) is 3.18. The van der Waals surface area contributed by atoms with Gasteiger partial charge in [-0.1, -0.05) is 38.3 Å². The van der Waals surface area contributed by atoms with Gasteiger partial charge in [-0.25, -0.2) is 4.79 Å². The molecule has 138 valence electrons. The predicted molar refractivity (Wildman–Crippen MR) is 93.2 cm³/mol. The molecule has 2 rings (SSSR count). The molecular weight excluding hydrogens is 322 g/mol. The number of unbranched alkanes of at least 4 members (excludes halogenated alkanes) is 2. The Kier molecular flexibility index (Phi) is 7.18. The van der Waals surface area contributed by atoms with Crippen molar-refractivity contribution in [2.45, 2.75) is 64.1 Å². The van der Waals surface area contributed by atoms with E-state index in [0.29, 0.717) is 19.5 Å². The third kappa shape index (κ3) is 5.70. The van der Waals surface area contributed by atoms with Crippen LogP contribution in [0, 0.1) is 0 Å². The number of aromatic nitrogens is 2. The Hall–Kier alpha value is -2.15. The van der Waals surface area contributed by atoms with E-state index in [-0.39, 0.29) is 17.5 Å². The van der Waals surface area contributed by atoms with Gasteiger partial charge < -0.3 is 15.1 Å². The van der Waals surface area contributed by atoms with Crippen molar-refractivity contribution in [1.82, 2.24) is 14.7 Å². The van der Waals surface area contributed by atoms with E-state index < -0.39 is 12.1 Å². The highest BCUT2D eigenvalue weighted by Crippen LogP contribution is 2.20. The molecule has 7 nitrogen and oxygen atoms in total. The molecule has 0 spiro atoms. The van der Waals surface area contributed by atoms with Crippen molar-refractivity contribution in [3.63, 3.8) is 0 Å². The summed E-state index contributed by atoms with van der Waals surface area (Å²) in [5.74, 6) is -0.929. The maximum Gasteiger partial charge on any atom is 0.338 e. The highest BCUT2D eigenvalue weighted by atomic mass is 16.4. The lowest BCUT2D eigenvalue weighted by atomic mass is 10.1. The predicted octanol–water partition coefficient (Wildman–Crippen LogP) is 2.07. The van der Waals surface area contributed by atoms with Crippen LogP contribution in [-0.2, 0) is 11.3 Å². The summed E-state index contributed by atoms with van der Waals surface area (Å²) in [5, 5.41) is 22.9. The molecule has 1 unspecified atom stereocenters. The first-order chi connectivity index (χ1) is 12.0. The van der Waals surface area contributed by atoms with Crippen LogP contribution >= 0.6 is 0 Å². The van der Waals surface area contributed by atoms with E-state index in [1.54, 1.807) is 11.0 Å². The number of likely N-dealkylation sites (tertiary alicyclic amines) is 1. The first kappa shape index (κ1) is 19.2. The normalized spacial score (nSPS) is 19.0. The van der Waals surface area contributed by atoms with Crippen molar-refractivity contribution < 1.29 is 19.8 Å². The minimum atomic E-state index is -1.01. The quantitative estimate of drug-likeness (QED) is 0.498. The van der Waals surface area contributed by atoms with E-state index >= 15 is 0 Å².